The maximum atomic E-state index is 11.8. The number of hydrogen-bond donors (Lipinski definition) is 0. The fourth-order valence-electron chi connectivity index (χ4n) is 2.18. The predicted octanol–water partition coefficient (Wildman–Crippen LogP) is 2.20. The number of methoxy groups -OCH3 is 2. The molecule has 25 heavy (non-hydrogen) atoms. The molecule has 0 saturated carbocycles. The van der Waals surface area contributed by atoms with Crippen molar-refractivity contribution in [3.8, 4) is 5.75 Å². The van der Waals surface area contributed by atoms with Gasteiger partial charge in [-0.1, -0.05) is 23.9 Å². The van der Waals surface area contributed by atoms with Gasteiger partial charge in [-0.05, 0) is 24.0 Å². The quantitative estimate of drug-likeness (QED) is 0.306. The molecule has 0 atom stereocenters. The zero-order chi connectivity index (χ0) is 18.2. The molecular formula is C17H19N3O4S. The number of carbonyl (C=O) groups excluding carboxylic acids is 2. The van der Waals surface area contributed by atoms with Crippen molar-refractivity contribution in [1.29, 1.82) is 0 Å². The summed E-state index contributed by atoms with van der Waals surface area (Å²) in [6.07, 6.45) is 3.98. The van der Waals surface area contributed by atoms with E-state index in [-0.39, 0.29) is 6.54 Å². The lowest BCUT2D eigenvalue weighted by molar-refractivity contribution is -0.139. The van der Waals surface area contributed by atoms with E-state index in [4.69, 9.17) is 9.47 Å². The third kappa shape index (κ3) is 4.93. The van der Waals surface area contributed by atoms with Crippen LogP contribution in [0.1, 0.15) is 15.9 Å². The van der Waals surface area contributed by atoms with Crippen molar-refractivity contribution in [3.05, 3.63) is 41.6 Å². The normalized spacial score (nSPS) is 10.2. The molecule has 0 aliphatic heterocycles. The summed E-state index contributed by atoms with van der Waals surface area (Å²) in [7, 11) is 2.92. The molecule has 2 rings (SSSR count). The number of rotatable bonds is 8. The van der Waals surface area contributed by atoms with Gasteiger partial charge in [-0.15, -0.1) is 0 Å². The average molecular weight is 361 g/mol. The van der Waals surface area contributed by atoms with Gasteiger partial charge in [-0.2, -0.15) is 0 Å². The SMILES string of the molecule is COC(=O)CN(Cc1ccc(OC)cc1)c1nc(SC)ncc1C=O. The molecule has 0 spiro atoms. The summed E-state index contributed by atoms with van der Waals surface area (Å²) in [5.41, 5.74) is 1.25. The molecule has 0 aliphatic rings. The molecule has 0 fully saturated rings. The monoisotopic (exact) mass is 361 g/mol. The van der Waals surface area contributed by atoms with E-state index in [1.54, 1.807) is 12.0 Å². The van der Waals surface area contributed by atoms with E-state index in [1.807, 2.05) is 30.5 Å². The first-order valence-corrected chi connectivity index (χ1v) is 8.64. The molecule has 8 heteroatoms. The van der Waals surface area contributed by atoms with Gasteiger partial charge in [0.2, 0.25) is 0 Å². The maximum absolute atomic E-state index is 11.8. The van der Waals surface area contributed by atoms with Gasteiger partial charge in [-0.25, -0.2) is 9.97 Å². The lowest BCUT2D eigenvalue weighted by Crippen LogP contribution is -2.32. The second kappa shape index (κ2) is 9.03. The van der Waals surface area contributed by atoms with Gasteiger partial charge in [0.15, 0.2) is 11.4 Å². The number of ether oxygens (including phenoxy) is 2. The zero-order valence-corrected chi connectivity index (χ0v) is 15.1. The van der Waals surface area contributed by atoms with E-state index < -0.39 is 5.97 Å². The van der Waals surface area contributed by atoms with Crippen LogP contribution in [0, 0.1) is 0 Å². The van der Waals surface area contributed by atoms with Crippen molar-refractivity contribution in [3.63, 3.8) is 0 Å². The summed E-state index contributed by atoms with van der Waals surface area (Å²) < 4.78 is 9.92. The fraction of sp³-hybridized carbons (Fsp3) is 0.294. The summed E-state index contributed by atoms with van der Waals surface area (Å²) in [5.74, 6) is 0.716. The summed E-state index contributed by atoms with van der Waals surface area (Å²) >= 11 is 1.36. The number of esters is 1. The first-order valence-electron chi connectivity index (χ1n) is 7.42. The van der Waals surface area contributed by atoms with Crippen LogP contribution in [-0.2, 0) is 16.1 Å². The number of hydrogen-bond acceptors (Lipinski definition) is 8. The Hall–Kier alpha value is -2.61. The second-order valence-corrected chi connectivity index (χ2v) is 5.81. The highest BCUT2D eigenvalue weighted by molar-refractivity contribution is 7.98. The maximum Gasteiger partial charge on any atom is 0.325 e. The lowest BCUT2D eigenvalue weighted by atomic mass is 10.2. The van der Waals surface area contributed by atoms with Crippen LogP contribution in [0.4, 0.5) is 5.82 Å². The molecule has 0 saturated heterocycles. The molecule has 0 N–H and O–H groups in total. The van der Waals surface area contributed by atoms with Crippen LogP contribution in [0.2, 0.25) is 0 Å². The van der Waals surface area contributed by atoms with Crippen LogP contribution in [0.25, 0.3) is 0 Å². The zero-order valence-electron chi connectivity index (χ0n) is 14.3. The Bertz CT molecular complexity index is 737. The summed E-state index contributed by atoms with van der Waals surface area (Å²) in [4.78, 5) is 33.4. The molecular weight excluding hydrogens is 342 g/mol. The van der Waals surface area contributed by atoms with E-state index in [0.29, 0.717) is 29.4 Å². The molecule has 0 amide bonds. The molecule has 2 aromatic rings. The number of benzene rings is 1. The average Bonchev–Trinajstić information content (AvgIpc) is 2.67. The van der Waals surface area contributed by atoms with Gasteiger partial charge in [0.1, 0.15) is 18.1 Å². The van der Waals surface area contributed by atoms with Gasteiger partial charge in [0.25, 0.3) is 0 Å². The minimum absolute atomic E-state index is 0.0335. The molecule has 132 valence electrons. The number of aromatic nitrogens is 2. The van der Waals surface area contributed by atoms with Gasteiger partial charge in [0, 0.05) is 12.7 Å². The standard InChI is InChI=1S/C17H19N3O4S/c1-23-14-6-4-12(5-7-14)9-20(10-15(22)24-2)16-13(11-21)8-18-17(19-16)25-3/h4-8,11H,9-10H2,1-3H3. The van der Waals surface area contributed by atoms with Crippen LogP contribution in [0.3, 0.4) is 0 Å². The highest BCUT2D eigenvalue weighted by atomic mass is 32.2. The third-order valence-corrected chi connectivity index (χ3v) is 4.02. The largest absolute Gasteiger partial charge is 0.497 e. The van der Waals surface area contributed by atoms with Crippen LogP contribution in [0.5, 0.6) is 5.75 Å². The smallest absolute Gasteiger partial charge is 0.325 e. The topological polar surface area (TPSA) is 81.6 Å². The van der Waals surface area contributed by atoms with Crippen LogP contribution in [0.15, 0.2) is 35.6 Å². The van der Waals surface area contributed by atoms with Crippen LogP contribution >= 0.6 is 11.8 Å². The predicted molar refractivity (Wildman–Crippen MR) is 95.3 cm³/mol. The van der Waals surface area contributed by atoms with Gasteiger partial charge >= 0.3 is 5.97 Å². The minimum Gasteiger partial charge on any atom is -0.497 e. The molecule has 7 nitrogen and oxygen atoms in total. The highest BCUT2D eigenvalue weighted by Crippen LogP contribution is 2.22. The Labute approximate surface area is 150 Å². The first kappa shape index (κ1) is 18.7. The Morgan fingerprint density at radius 1 is 1.28 bits per heavy atom. The van der Waals surface area contributed by atoms with Crippen molar-refractivity contribution < 1.29 is 19.1 Å². The van der Waals surface area contributed by atoms with Crippen molar-refractivity contribution >= 4 is 29.8 Å². The molecule has 1 heterocycles. The third-order valence-electron chi connectivity index (χ3n) is 3.46. The Morgan fingerprint density at radius 3 is 2.56 bits per heavy atom. The van der Waals surface area contributed by atoms with Crippen molar-refractivity contribution in [2.24, 2.45) is 0 Å². The van der Waals surface area contributed by atoms with E-state index in [0.717, 1.165) is 11.3 Å². The first-order chi connectivity index (χ1) is 12.1. The van der Waals surface area contributed by atoms with E-state index in [2.05, 4.69) is 9.97 Å². The van der Waals surface area contributed by atoms with Crippen LogP contribution in [-0.4, -0.2) is 49.2 Å². The molecule has 0 unspecified atom stereocenters. The van der Waals surface area contributed by atoms with Crippen molar-refractivity contribution in [2.75, 3.05) is 31.9 Å². The summed E-state index contributed by atoms with van der Waals surface area (Å²) in [6, 6.07) is 7.44. The number of anilines is 1. The fourth-order valence-corrected chi connectivity index (χ4v) is 2.51. The summed E-state index contributed by atoms with van der Waals surface area (Å²) in [5, 5.41) is 0.519. The Morgan fingerprint density at radius 2 is 2.00 bits per heavy atom. The number of aldehydes is 1. The van der Waals surface area contributed by atoms with E-state index in [1.165, 1.54) is 25.1 Å². The number of thioether (sulfide) groups is 1. The van der Waals surface area contributed by atoms with E-state index in [9.17, 15) is 9.59 Å². The highest BCUT2D eigenvalue weighted by Gasteiger charge is 2.18. The van der Waals surface area contributed by atoms with Gasteiger partial charge in [0.05, 0.1) is 19.8 Å². The van der Waals surface area contributed by atoms with Gasteiger partial charge in [-0.3, -0.25) is 9.59 Å². The Balaban J connectivity index is 2.37. The molecule has 0 aliphatic carbocycles. The van der Waals surface area contributed by atoms with Crippen molar-refractivity contribution in [1.82, 2.24) is 9.97 Å². The second-order valence-electron chi connectivity index (χ2n) is 5.03. The van der Waals surface area contributed by atoms with Crippen molar-refractivity contribution in [2.45, 2.75) is 11.7 Å². The molecule has 1 aromatic heterocycles. The van der Waals surface area contributed by atoms with Gasteiger partial charge < -0.3 is 14.4 Å². The molecule has 0 bridgehead atoms. The van der Waals surface area contributed by atoms with Crippen LogP contribution < -0.4 is 9.64 Å². The molecule has 1 aromatic carbocycles. The number of nitrogens with zero attached hydrogens (tertiary/aromatic N) is 3. The Kier molecular flexibility index (Phi) is 6.76. The summed E-state index contributed by atoms with van der Waals surface area (Å²) in [6.45, 7) is 0.346. The molecule has 0 radical (unpaired) electrons. The van der Waals surface area contributed by atoms with E-state index >= 15 is 0 Å². The minimum atomic E-state index is -0.422. The number of carbonyl (C=O) groups is 2. The lowest BCUT2D eigenvalue weighted by Gasteiger charge is -2.24.